The number of aromatic nitrogens is 1. The second kappa shape index (κ2) is 10.9. The minimum Gasteiger partial charge on any atom is -0.475 e. The standard InChI is InChI=1S/C22H23F4NO6/c1-30-21(29)16-11-14(15-10-13(5-6-17(15)23)19(28)22(24,25)26)12-27-20(16)33-9-8-32-18-4-2-3-7-31-18/h5-6,10-12,18-19,28H,2-4,7-9H2,1H3/t18?,19-/m0/s1. The van der Waals surface area contributed by atoms with Crippen molar-refractivity contribution in [1.29, 1.82) is 0 Å². The van der Waals surface area contributed by atoms with Crippen LogP contribution in [0.15, 0.2) is 30.5 Å². The number of alkyl halides is 3. The largest absolute Gasteiger partial charge is 0.475 e. The number of aliphatic hydroxyl groups is 1. The van der Waals surface area contributed by atoms with Gasteiger partial charge in [-0.1, -0.05) is 6.07 Å². The van der Waals surface area contributed by atoms with Gasteiger partial charge in [-0.25, -0.2) is 14.2 Å². The van der Waals surface area contributed by atoms with Crippen LogP contribution >= 0.6 is 0 Å². The number of nitrogens with zero attached hydrogens (tertiary/aromatic N) is 1. The van der Waals surface area contributed by atoms with E-state index >= 15 is 0 Å². The molecule has 1 saturated heterocycles. The van der Waals surface area contributed by atoms with Crippen molar-refractivity contribution in [3.63, 3.8) is 0 Å². The Morgan fingerprint density at radius 2 is 2.06 bits per heavy atom. The first-order valence-electron chi connectivity index (χ1n) is 10.2. The number of esters is 1. The molecule has 1 aliphatic heterocycles. The van der Waals surface area contributed by atoms with Gasteiger partial charge in [-0.15, -0.1) is 0 Å². The number of ether oxygens (including phenoxy) is 4. The van der Waals surface area contributed by atoms with Crippen LogP contribution in [0.5, 0.6) is 5.88 Å². The average molecular weight is 473 g/mol. The van der Waals surface area contributed by atoms with Crippen LogP contribution in [0.4, 0.5) is 17.6 Å². The van der Waals surface area contributed by atoms with Gasteiger partial charge in [-0.3, -0.25) is 0 Å². The van der Waals surface area contributed by atoms with Gasteiger partial charge in [-0.05, 0) is 43.0 Å². The summed E-state index contributed by atoms with van der Waals surface area (Å²) in [5, 5.41) is 9.48. The van der Waals surface area contributed by atoms with Gasteiger partial charge in [0, 0.05) is 23.9 Å². The number of halogens is 4. The molecule has 0 radical (unpaired) electrons. The van der Waals surface area contributed by atoms with Gasteiger partial charge >= 0.3 is 12.1 Å². The van der Waals surface area contributed by atoms with Crippen molar-refractivity contribution in [3.8, 4) is 17.0 Å². The quantitative estimate of drug-likeness (QED) is 0.350. The molecule has 11 heteroatoms. The number of carbonyl (C=O) groups is 1. The maximum atomic E-state index is 14.4. The van der Waals surface area contributed by atoms with E-state index in [4.69, 9.17) is 18.9 Å². The summed E-state index contributed by atoms with van der Waals surface area (Å²) in [6, 6.07) is 3.68. The molecule has 2 atom stereocenters. The highest BCUT2D eigenvalue weighted by Gasteiger charge is 2.39. The molecule has 1 aliphatic rings. The highest BCUT2D eigenvalue weighted by Crippen LogP contribution is 2.35. The lowest BCUT2D eigenvalue weighted by Gasteiger charge is -2.22. The molecule has 0 bridgehead atoms. The van der Waals surface area contributed by atoms with Gasteiger partial charge in [0.1, 0.15) is 18.0 Å². The molecule has 1 unspecified atom stereocenters. The third-order valence-electron chi connectivity index (χ3n) is 4.95. The van der Waals surface area contributed by atoms with E-state index in [0.29, 0.717) is 6.61 Å². The number of pyridine rings is 1. The Kier molecular flexibility index (Phi) is 8.22. The number of hydrogen-bond donors (Lipinski definition) is 1. The van der Waals surface area contributed by atoms with E-state index in [1.165, 1.54) is 6.07 Å². The summed E-state index contributed by atoms with van der Waals surface area (Å²) < 4.78 is 74.2. The van der Waals surface area contributed by atoms with Crippen LogP contribution in [0.3, 0.4) is 0 Å². The van der Waals surface area contributed by atoms with E-state index in [1.807, 2.05) is 0 Å². The third kappa shape index (κ3) is 6.40. The van der Waals surface area contributed by atoms with E-state index in [9.17, 15) is 27.5 Å². The van der Waals surface area contributed by atoms with E-state index in [2.05, 4.69) is 4.98 Å². The Balaban J connectivity index is 1.79. The smallest absolute Gasteiger partial charge is 0.418 e. The molecule has 2 aromatic rings. The fraction of sp³-hybridized carbons (Fsp3) is 0.455. The minimum absolute atomic E-state index is 0.00308. The molecule has 180 valence electrons. The first kappa shape index (κ1) is 24.9. The molecular weight excluding hydrogens is 450 g/mol. The van der Waals surface area contributed by atoms with Crippen LogP contribution in [0.1, 0.15) is 41.3 Å². The number of aliphatic hydroxyl groups excluding tert-OH is 1. The molecule has 2 heterocycles. The monoisotopic (exact) mass is 473 g/mol. The summed E-state index contributed by atoms with van der Waals surface area (Å²) in [4.78, 5) is 16.2. The summed E-state index contributed by atoms with van der Waals surface area (Å²) in [5.74, 6) is -1.80. The van der Waals surface area contributed by atoms with Crippen molar-refractivity contribution >= 4 is 5.97 Å². The Morgan fingerprint density at radius 3 is 2.73 bits per heavy atom. The molecule has 7 nitrogen and oxygen atoms in total. The van der Waals surface area contributed by atoms with Crippen LogP contribution in [-0.2, 0) is 14.2 Å². The Bertz CT molecular complexity index is 962. The fourth-order valence-electron chi connectivity index (χ4n) is 3.25. The van der Waals surface area contributed by atoms with Crippen molar-refractivity contribution in [3.05, 3.63) is 47.4 Å². The van der Waals surface area contributed by atoms with E-state index < -0.39 is 29.6 Å². The zero-order valence-electron chi connectivity index (χ0n) is 17.7. The van der Waals surface area contributed by atoms with Crippen molar-refractivity contribution in [2.24, 2.45) is 0 Å². The molecule has 1 aromatic carbocycles. The lowest BCUT2D eigenvalue weighted by Crippen LogP contribution is -2.24. The van der Waals surface area contributed by atoms with E-state index in [1.54, 1.807) is 0 Å². The van der Waals surface area contributed by atoms with Crippen LogP contribution in [0.25, 0.3) is 11.1 Å². The van der Waals surface area contributed by atoms with Gasteiger partial charge in [-0.2, -0.15) is 13.2 Å². The highest BCUT2D eigenvalue weighted by atomic mass is 19.4. The zero-order chi connectivity index (χ0) is 24.0. The van der Waals surface area contributed by atoms with Crippen LogP contribution < -0.4 is 4.74 Å². The van der Waals surface area contributed by atoms with E-state index in [0.717, 1.165) is 50.8 Å². The molecule has 0 spiro atoms. The van der Waals surface area contributed by atoms with E-state index in [-0.39, 0.29) is 42.1 Å². The van der Waals surface area contributed by atoms with Gasteiger partial charge in [0.05, 0.1) is 13.7 Å². The zero-order valence-corrected chi connectivity index (χ0v) is 17.7. The van der Waals surface area contributed by atoms with Crippen LogP contribution in [-0.4, -0.2) is 55.5 Å². The molecule has 1 fully saturated rings. The van der Waals surface area contributed by atoms with Crippen molar-refractivity contribution in [1.82, 2.24) is 4.98 Å². The lowest BCUT2D eigenvalue weighted by atomic mass is 10.00. The molecule has 0 aliphatic carbocycles. The molecule has 3 rings (SSSR count). The Hall–Kier alpha value is -2.76. The van der Waals surface area contributed by atoms with Gasteiger partial charge in [0.25, 0.3) is 0 Å². The second-order valence-corrected chi connectivity index (χ2v) is 7.27. The average Bonchev–Trinajstić information content (AvgIpc) is 2.81. The van der Waals surface area contributed by atoms with Crippen molar-refractivity contribution in [2.75, 3.05) is 26.9 Å². The topological polar surface area (TPSA) is 87.1 Å². The maximum Gasteiger partial charge on any atom is 0.418 e. The SMILES string of the molecule is COC(=O)c1cc(-c2cc([C@H](O)C(F)(F)F)ccc2F)cnc1OCCOC1CCCCO1. The van der Waals surface area contributed by atoms with Crippen LogP contribution in [0.2, 0.25) is 0 Å². The number of carbonyl (C=O) groups excluding carboxylic acids is 1. The highest BCUT2D eigenvalue weighted by molar-refractivity contribution is 5.93. The Morgan fingerprint density at radius 1 is 1.27 bits per heavy atom. The molecule has 1 aromatic heterocycles. The van der Waals surface area contributed by atoms with Crippen molar-refractivity contribution < 1.29 is 46.4 Å². The first-order valence-corrected chi connectivity index (χ1v) is 10.2. The molecular formula is C22H23F4NO6. The normalized spacial score (nSPS) is 17.5. The predicted molar refractivity (Wildman–Crippen MR) is 107 cm³/mol. The van der Waals surface area contributed by atoms with Gasteiger partial charge in [0.15, 0.2) is 12.4 Å². The maximum absolute atomic E-state index is 14.4. The Labute approximate surface area is 187 Å². The predicted octanol–water partition coefficient (Wildman–Crippen LogP) is 4.19. The number of methoxy groups -OCH3 is 1. The first-order chi connectivity index (χ1) is 15.7. The summed E-state index contributed by atoms with van der Waals surface area (Å²) in [5.41, 5.74) is -0.980. The lowest BCUT2D eigenvalue weighted by molar-refractivity contribution is -0.206. The van der Waals surface area contributed by atoms with Gasteiger partial charge in [0.2, 0.25) is 5.88 Å². The summed E-state index contributed by atoms with van der Waals surface area (Å²) in [6.07, 6.45) is -4.14. The molecule has 1 N–H and O–H groups in total. The number of rotatable bonds is 8. The van der Waals surface area contributed by atoms with Crippen LogP contribution in [0, 0.1) is 5.82 Å². The molecule has 0 amide bonds. The molecule has 33 heavy (non-hydrogen) atoms. The fourth-order valence-corrected chi connectivity index (χ4v) is 3.25. The van der Waals surface area contributed by atoms with Crippen molar-refractivity contribution in [2.45, 2.75) is 37.8 Å². The second-order valence-electron chi connectivity index (χ2n) is 7.27. The summed E-state index contributed by atoms with van der Waals surface area (Å²) >= 11 is 0. The van der Waals surface area contributed by atoms with Gasteiger partial charge < -0.3 is 24.1 Å². The minimum atomic E-state index is -4.92. The summed E-state index contributed by atoms with van der Waals surface area (Å²) in [6.45, 7) is 0.831. The number of benzene rings is 1. The number of hydrogen-bond acceptors (Lipinski definition) is 7. The summed E-state index contributed by atoms with van der Waals surface area (Å²) in [7, 11) is 1.13. The molecule has 0 saturated carbocycles. The third-order valence-corrected chi connectivity index (χ3v) is 4.95.